The molecule has 1 aliphatic heterocycles. The van der Waals surface area contributed by atoms with Crippen LogP contribution in [0.25, 0.3) is 11.0 Å². The van der Waals surface area contributed by atoms with Crippen molar-refractivity contribution in [1.82, 2.24) is 19.6 Å². The number of benzene rings is 1. The first-order valence-electron chi connectivity index (χ1n) is 11.8. The Bertz CT molecular complexity index is 1380. The highest BCUT2D eigenvalue weighted by Gasteiger charge is 2.29. The van der Waals surface area contributed by atoms with E-state index in [1.807, 2.05) is 18.2 Å². The summed E-state index contributed by atoms with van der Waals surface area (Å²) in [5.41, 5.74) is -1.25. The third-order valence-corrected chi connectivity index (χ3v) is 5.74. The number of rotatable bonds is 6. The molecular formula is C25H30FN5O5. The number of carbonyl (C=O) groups excluding carboxylic acids is 1. The van der Waals surface area contributed by atoms with Crippen molar-refractivity contribution in [2.24, 2.45) is 0 Å². The molecule has 36 heavy (non-hydrogen) atoms. The summed E-state index contributed by atoms with van der Waals surface area (Å²) in [7, 11) is 0. The number of fused-ring (bicyclic) bond motifs is 1. The first-order chi connectivity index (χ1) is 17.1. The highest BCUT2D eigenvalue weighted by Crippen LogP contribution is 2.24. The van der Waals surface area contributed by atoms with E-state index in [0.29, 0.717) is 24.2 Å². The van der Waals surface area contributed by atoms with Crippen molar-refractivity contribution < 1.29 is 18.8 Å². The van der Waals surface area contributed by atoms with Crippen LogP contribution in [0.2, 0.25) is 0 Å². The summed E-state index contributed by atoms with van der Waals surface area (Å²) in [4.78, 5) is 49.8. The molecule has 1 amide bonds. The van der Waals surface area contributed by atoms with Crippen molar-refractivity contribution in [3.63, 3.8) is 0 Å². The Morgan fingerprint density at radius 1 is 1.22 bits per heavy atom. The molecule has 1 saturated heterocycles. The van der Waals surface area contributed by atoms with Crippen molar-refractivity contribution >= 4 is 22.9 Å². The Labute approximate surface area is 207 Å². The Kier molecular flexibility index (Phi) is 7.00. The predicted molar refractivity (Wildman–Crippen MR) is 133 cm³/mol. The number of aryl methyl sites for hydroxylation is 1. The molecule has 1 unspecified atom stereocenters. The second-order valence-electron chi connectivity index (χ2n) is 9.63. The fourth-order valence-corrected chi connectivity index (χ4v) is 4.11. The second kappa shape index (κ2) is 10.00. The van der Waals surface area contributed by atoms with Gasteiger partial charge >= 0.3 is 11.8 Å². The molecule has 0 spiro atoms. The summed E-state index contributed by atoms with van der Waals surface area (Å²) in [6, 6.07) is 9.92. The van der Waals surface area contributed by atoms with E-state index in [4.69, 9.17) is 9.57 Å². The predicted octanol–water partition coefficient (Wildman–Crippen LogP) is 2.45. The van der Waals surface area contributed by atoms with Crippen LogP contribution in [-0.2, 0) is 17.9 Å². The van der Waals surface area contributed by atoms with E-state index < -0.39 is 28.8 Å². The van der Waals surface area contributed by atoms with Crippen LogP contribution in [0.1, 0.15) is 39.7 Å². The number of anilines is 1. The molecule has 0 saturated carbocycles. The number of nitrogens with one attached hydrogen (secondary N) is 1. The highest BCUT2D eigenvalue weighted by atomic mass is 19.1. The fraction of sp³-hybridized carbons (Fsp3) is 0.440. The van der Waals surface area contributed by atoms with Gasteiger partial charge in [0, 0.05) is 19.6 Å². The summed E-state index contributed by atoms with van der Waals surface area (Å²) in [6.07, 6.45) is 0.0191. The Hall–Kier alpha value is -3.89. The van der Waals surface area contributed by atoms with Crippen molar-refractivity contribution in [2.45, 2.75) is 58.9 Å². The summed E-state index contributed by atoms with van der Waals surface area (Å²) >= 11 is 0. The first kappa shape index (κ1) is 25.2. The van der Waals surface area contributed by atoms with E-state index in [1.54, 1.807) is 44.7 Å². The lowest BCUT2D eigenvalue weighted by atomic mass is 10.2. The maximum absolute atomic E-state index is 15.2. The Morgan fingerprint density at radius 3 is 2.61 bits per heavy atom. The van der Waals surface area contributed by atoms with Gasteiger partial charge in [-0.3, -0.25) is 9.36 Å². The summed E-state index contributed by atoms with van der Waals surface area (Å²) in [5, 5.41) is 2.73. The van der Waals surface area contributed by atoms with Gasteiger partial charge < -0.3 is 19.8 Å². The molecule has 1 atom stereocenters. The summed E-state index contributed by atoms with van der Waals surface area (Å²) in [6.45, 7) is 7.99. The van der Waals surface area contributed by atoms with Crippen LogP contribution >= 0.6 is 0 Å². The molecule has 0 radical (unpaired) electrons. The van der Waals surface area contributed by atoms with Gasteiger partial charge in [-0.1, -0.05) is 35.1 Å². The van der Waals surface area contributed by atoms with Crippen molar-refractivity contribution in [3.05, 3.63) is 68.6 Å². The molecule has 0 aliphatic carbocycles. The molecule has 1 aliphatic rings. The highest BCUT2D eigenvalue weighted by molar-refractivity contribution is 5.76. The Morgan fingerprint density at radius 2 is 1.94 bits per heavy atom. The molecule has 3 aromatic rings. The number of carbonyl (C=O) groups is 1. The van der Waals surface area contributed by atoms with Gasteiger partial charge in [-0.2, -0.15) is 0 Å². The van der Waals surface area contributed by atoms with Gasteiger partial charge in [-0.05, 0) is 45.7 Å². The van der Waals surface area contributed by atoms with Crippen molar-refractivity contribution in [1.29, 1.82) is 0 Å². The monoisotopic (exact) mass is 499 g/mol. The van der Waals surface area contributed by atoms with Gasteiger partial charge in [0.2, 0.25) is 0 Å². The van der Waals surface area contributed by atoms with Crippen LogP contribution in [0.5, 0.6) is 0 Å². The van der Waals surface area contributed by atoms with E-state index in [0.717, 1.165) is 11.6 Å². The summed E-state index contributed by atoms with van der Waals surface area (Å²) in [5.74, 6) is -0.687. The molecule has 0 bridgehead atoms. The minimum atomic E-state index is -0.778. The maximum atomic E-state index is 15.2. The number of aromatic nitrogens is 3. The zero-order chi connectivity index (χ0) is 26.0. The molecule has 1 N–H and O–H groups in total. The van der Waals surface area contributed by atoms with Crippen LogP contribution < -0.4 is 26.3 Å². The average Bonchev–Trinajstić information content (AvgIpc) is 3.26. The number of alkyl carbamates (subject to hydrolysis) is 1. The minimum absolute atomic E-state index is 0.000976. The SMILES string of the molecule is CCn1c(=O)n(OCc2ccccc2)c(=O)c2cc(F)c(N3CCC(NC(=O)OC(C)(C)C)C3)nc21. The zero-order valence-corrected chi connectivity index (χ0v) is 20.8. The van der Waals surface area contributed by atoms with Crippen LogP contribution in [0, 0.1) is 5.82 Å². The smallest absolute Gasteiger partial charge is 0.407 e. The zero-order valence-electron chi connectivity index (χ0n) is 20.8. The lowest BCUT2D eigenvalue weighted by Crippen LogP contribution is -2.44. The lowest BCUT2D eigenvalue weighted by Gasteiger charge is -2.22. The molecule has 10 nitrogen and oxygen atoms in total. The van der Waals surface area contributed by atoms with Gasteiger partial charge in [-0.15, -0.1) is 0 Å². The van der Waals surface area contributed by atoms with Crippen molar-refractivity contribution in [2.75, 3.05) is 18.0 Å². The third-order valence-electron chi connectivity index (χ3n) is 5.74. The van der Waals surface area contributed by atoms with E-state index in [2.05, 4.69) is 10.3 Å². The topological polar surface area (TPSA) is 108 Å². The Balaban J connectivity index is 1.62. The van der Waals surface area contributed by atoms with Gasteiger partial charge in [0.05, 0.1) is 11.4 Å². The first-order valence-corrected chi connectivity index (χ1v) is 11.8. The fourth-order valence-electron chi connectivity index (χ4n) is 4.11. The number of hydrogen-bond donors (Lipinski definition) is 1. The number of halogens is 1. The molecule has 192 valence electrons. The molecule has 3 heterocycles. The molecule has 4 rings (SSSR count). The molecular weight excluding hydrogens is 469 g/mol. The van der Waals surface area contributed by atoms with E-state index in [-0.39, 0.29) is 36.0 Å². The minimum Gasteiger partial charge on any atom is -0.444 e. The van der Waals surface area contributed by atoms with Gasteiger partial charge in [0.15, 0.2) is 17.3 Å². The number of ether oxygens (including phenoxy) is 1. The molecule has 1 aromatic carbocycles. The maximum Gasteiger partial charge on any atom is 0.407 e. The molecule has 1 fully saturated rings. The molecule has 11 heteroatoms. The normalized spacial score (nSPS) is 15.8. The van der Waals surface area contributed by atoms with Crippen LogP contribution in [0.4, 0.5) is 15.0 Å². The number of amides is 1. The largest absolute Gasteiger partial charge is 0.444 e. The van der Waals surface area contributed by atoms with E-state index >= 15 is 4.39 Å². The average molecular weight is 500 g/mol. The van der Waals surface area contributed by atoms with Crippen LogP contribution in [0.15, 0.2) is 46.0 Å². The van der Waals surface area contributed by atoms with E-state index in [9.17, 15) is 14.4 Å². The van der Waals surface area contributed by atoms with Gasteiger partial charge in [0.25, 0.3) is 5.56 Å². The number of pyridine rings is 1. The molecule has 2 aromatic heterocycles. The van der Waals surface area contributed by atoms with Crippen LogP contribution in [-0.4, -0.2) is 45.1 Å². The third kappa shape index (κ3) is 5.34. The number of hydrogen-bond acceptors (Lipinski definition) is 7. The number of nitrogens with zero attached hydrogens (tertiary/aromatic N) is 4. The van der Waals surface area contributed by atoms with E-state index in [1.165, 1.54) is 4.57 Å². The van der Waals surface area contributed by atoms with Crippen molar-refractivity contribution in [3.8, 4) is 0 Å². The standard InChI is InChI=1S/C25H30FN5O5/c1-5-30-20-18(22(32)31(24(30)34)35-15-16-9-7-6-8-10-16)13-19(26)21(28-20)29-12-11-17(14-29)27-23(33)36-25(2,3)4/h6-10,13,17H,5,11-12,14-15H2,1-4H3,(H,27,33). The lowest BCUT2D eigenvalue weighted by molar-refractivity contribution is 0.0509. The summed E-state index contributed by atoms with van der Waals surface area (Å²) < 4.78 is 22.4. The van der Waals surface area contributed by atoms with Gasteiger partial charge in [0.1, 0.15) is 12.2 Å². The van der Waals surface area contributed by atoms with Crippen LogP contribution in [0.3, 0.4) is 0 Å². The van der Waals surface area contributed by atoms with Gasteiger partial charge in [-0.25, -0.2) is 19.0 Å². The quantitative estimate of drug-likeness (QED) is 0.555. The second-order valence-corrected chi connectivity index (χ2v) is 9.63.